The van der Waals surface area contributed by atoms with Crippen LogP contribution < -0.4 is 5.73 Å². The van der Waals surface area contributed by atoms with Gasteiger partial charge in [-0.05, 0) is 30.2 Å². The van der Waals surface area contributed by atoms with E-state index in [0.29, 0.717) is 18.6 Å². The Labute approximate surface area is 129 Å². The summed E-state index contributed by atoms with van der Waals surface area (Å²) < 4.78 is 76.1. The van der Waals surface area contributed by atoms with Gasteiger partial charge in [-0.2, -0.15) is 26.3 Å². The average Bonchev–Trinajstić information content (AvgIpc) is 2.35. The molecular formula is C13H16ClF6NO. The van der Waals surface area contributed by atoms with Crippen molar-refractivity contribution in [2.45, 2.75) is 44.3 Å². The fourth-order valence-corrected chi connectivity index (χ4v) is 1.87. The van der Waals surface area contributed by atoms with Crippen LogP contribution in [0.1, 0.15) is 42.5 Å². The average molecular weight is 352 g/mol. The lowest BCUT2D eigenvalue weighted by molar-refractivity contribution is -0.143. The van der Waals surface area contributed by atoms with E-state index in [-0.39, 0.29) is 24.9 Å². The van der Waals surface area contributed by atoms with Crippen LogP contribution in [0.4, 0.5) is 26.3 Å². The van der Waals surface area contributed by atoms with Crippen molar-refractivity contribution in [3.8, 4) is 0 Å². The maximum atomic E-state index is 12.7. The molecule has 0 aliphatic rings. The van der Waals surface area contributed by atoms with Crippen LogP contribution in [0.15, 0.2) is 18.2 Å². The molecule has 0 saturated carbocycles. The number of rotatable bonds is 4. The fraction of sp³-hybridized carbons (Fsp3) is 0.538. The van der Waals surface area contributed by atoms with Crippen LogP contribution in [0.5, 0.6) is 0 Å². The SMILES string of the molecule is CCC[C@@H](O)[C@@H](N)c1cc(C(F)(F)F)cc(C(F)(F)F)c1.Cl. The van der Waals surface area contributed by atoms with Gasteiger partial charge in [0.05, 0.1) is 23.3 Å². The maximum Gasteiger partial charge on any atom is 0.416 e. The Morgan fingerprint density at radius 2 is 1.41 bits per heavy atom. The maximum absolute atomic E-state index is 12.7. The molecule has 1 aromatic carbocycles. The lowest BCUT2D eigenvalue weighted by Crippen LogP contribution is -2.27. The predicted octanol–water partition coefficient (Wildman–Crippen LogP) is 4.31. The van der Waals surface area contributed by atoms with Crippen LogP contribution in [-0.4, -0.2) is 11.2 Å². The Morgan fingerprint density at radius 1 is 1.00 bits per heavy atom. The molecule has 128 valence electrons. The number of benzene rings is 1. The summed E-state index contributed by atoms with van der Waals surface area (Å²) in [5.41, 5.74) is 2.30. The summed E-state index contributed by atoms with van der Waals surface area (Å²) >= 11 is 0. The van der Waals surface area contributed by atoms with Gasteiger partial charge in [-0.3, -0.25) is 0 Å². The predicted molar refractivity (Wildman–Crippen MR) is 71.5 cm³/mol. The van der Waals surface area contributed by atoms with Gasteiger partial charge in [0.2, 0.25) is 0 Å². The van der Waals surface area contributed by atoms with E-state index in [0.717, 1.165) is 0 Å². The summed E-state index contributed by atoms with van der Waals surface area (Å²) in [5, 5.41) is 9.67. The second kappa shape index (κ2) is 7.52. The molecule has 0 fully saturated rings. The standard InChI is InChI=1S/C13H15F6NO.ClH/c1-2-3-10(21)11(20)7-4-8(12(14,15)16)6-9(5-7)13(17,18)19;/h4-6,10-11,21H,2-3,20H2,1H3;1H/t10-,11+;/m1./s1. The molecule has 0 aromatic heterocycles. The van der Waals surface area contributed by atoms with Crippen molar-refractivity contribution >= 4 is 12.4 Å². The van der Waals surface area contributed by atoms with Crippen LogP contribution in [0.2, 0.25) is 0 Å². The van der Waals surface area contributed by atoms with Crippen molar-refractivity contribution in [3.05, 3.63) is 34.9 Å². The van der Waals surface area contributed by atoms with Gasteiger partial charge in [0, 0.05) is 0 Å². The largest absolute Gasteiger partial charge is 0.416 e. The molecule has 0 radical (unpaired) electrons. The van der Waals surface area contributed by atoms with Gasteiger partial charge < -0.3 is 10.8 Å². The van der Waals surface area contributed by atoms with Gasteiger partial charge in [0.1, 0.15) is 0 Å². The number of aliphatic hydroxyl groups excluding tert-OH is 1. The molecule has 0 unspecified atom stereocenters. The molecule has 2 atom stereocenters. The third-order valence-electron chi connectivity index (χ3n) is 2.99. The Balaban J connectivity index is 0.00000441. The van der Waals surface area contributed by atoms with Crippen molar-refractivity contribution in [1.82, 2.24) is 0 Å². The van der Waals surface area contributed by atoms with Crippen LogP contribution in [-0.2, 0) is 12.4 Å². The molecule has 0 heterocycles. The van der Waals surface area contributed by atoms with Gasteiger partial charge in [-0.1, -0.05) is 13.3 Å². The first-order valence-corrected chi connectivity index (χ1v) is 6.19. The first-order chi connectivity index (χ1) is 9.46. The molecule has 3 N–H and O–H groups in total. The zero-order valence-corrected chi connectivity index (χ0v) is 12.3. The van der Waals surface area contributed by atoms with E-state index in [1.807, 2.05) is 0 Å². The summed E-state index contributed by atoms with van der Waals surface area (Å²) in [6.45, 7) is 1.71. The number of nitrogens with two attached hydrogens (primary N) is 1. The zero-order valence-electron chi connectivity index (χ0n) is 11.5. The molecule has 0 aliphatic heterocycles. The van der Waals surface area contributed by atoms with Crippen molar-refractivity contribution in [1.29, 1.82) is 0 Å². The summed E-state index contributed by atoms with van der Waals surface area (Å²) in [4.78, 5) is 0. The van der Waals surface area contributed by atoms with Crippen molar-refractivity contribution in [2.75, 3.05) is 0 Å². The highest BCUT2D eigenvalue weighted by Gasteiger charge is 2.37. The number of aliphatic hydroxyl groups is 1. The van der Waals surface area contributed by atoms with E-state index < -0.39 is 41.2 Å². The number of alkyl halides is 6. The van der Waals surface area contributed by atoms with Gasteiger partial charge >= 0.3 is 12.4 Å². The molecule has 2 nitrogen and oxygen atoms in total. The van der Waals surface area contributed by atoms with Crippen LogP contribution in [0.25, 0.3) is 0 Å². The number of hydrogen-bond donors (Lipinski definition) is 2. The number of hydrogen-bond acceptors (Lipinski definition) is 2. The van der Waals surface area contributed by atoms with E-state index in [9.17, 15) is 31.4 Å². The van der Waals surface area contributed by atoms with Crippen LogP contribution in [0.3, 0.4) is 0 Å². The first-order valence-electron chi connectivity index (χ1n) is 6.19. The highest BCUT2D eigenvalue weighted by Crippen LogP contribution is 2.37. The van der Waals surface area contributed by atoms with E-state index >= 15 is 0 Å². The third-order valence-corrected chi connectivity index (χ3v) is 2.99. The Kier molecular flexibility index (Phi) is 7.18. The van der Waals surface area contributed by atoms with E-state index in [4.69, 9.17) is 5.73 Å². The van der Waals surface area contributed by atoms with E-state index in [1.165, 1.54) is 0 Å². The topological polar surface area (TPSA) is 46.2 Å². The third kappa shape index (κ3) is 5.33. The Morgan fingerprint density at radius 3 is 1.73 bits per heavy atom. The molecule has 0 aliphatic carbocycles. The smallest absolute Gasteiger partial charge is 0.391 e. The molecule has 1 aromatic rings. The normalized spacial score (nSPS) is 15.1. The molecule has 1 rings (SSSR count). The molecule has 22 heavy (non-hydrogen) atoms. The van der Waals surface area contributed by atoms with E-state index in [2.05, 4.69) is 0 Å². The highest BCUT2D eigenvalue weighted by molar-refractivity contribution is 5.85. The van der Waals surface area contributed by atoms with Crippen molar-refractivity contribution in [2.24, 2.45) is 5.73 Å². The minimum absolute atomic E-state index is 0. The van der Waals surface area contributed by atoms with Crippen molar-refractivity contribution in [3.63, 3.8) is 0 Å². The molecule has 0 bridgehead atoms. The van der Waals surface area contributed by atoms with Gasteiger partial charge in [-0.25, -0.2) is 0 Å². The Bertz CT molecular complexity index is 456. The quantitative estimate of drug-likeness (QED) is 0.794. The van der Waals surface area contributed by atoms with E-state index in [1.54, 1.807) is 6.92 Å². The second-order valence-corrected chi connectivity index (χ2v) is 4.72. The first kappa shape index (κ1) is 21.0. The lowest BCUT2D eigenvalue weighted by Gasteiger charge is -2.21. The second-order valence-electron chi connectivity index (χ2n) is 4.72. The summed E-state index contributed by atoms with van der Waals surface area (Å²) in [6, 6.07) is -0.201. The minimum atomic E-state index is -4.93. The van der Waals surface area contributed by atoms with Crippen LogP contribution >= 0.6 is 12.4 Å². The summed E-state index contributed by atoms with van der Waals surface area (Å²) in [6.07, 6.45) is -10.4. The molecular weight excluding hydrogens is 336 g/mol. The monoisotopic (exact) mass is 351 g/mol. The molecule has 0 spiro atoms. The zero-order chi connectivity index (χ0) is 16.4. The number of halogens is 7. The van der Waals surface area contributed by atoms with Crippen LogP contribution in [0, 0.1) is 0 Å². The Hall–Kier alpha value is -0.990. The van der Waals surface area contributed by atoms with Gasteiger partial charge in [0.15, 0.2) is 0 Å². The lowest BCUT2D eigenvalue weighted by atomic mass is 9.95. The minimum Gasteiger partial charge on any atom is -0.391 e. The molecule has 0 amide bonds. The summed E-state index contributed by atoms with van der Waals surface area (Å²) in [5.74, 6) is 0. The van der Waals surface area contributed by atoms with Gasteiger partial charge in [0.25, 0.3) is 0 Å². The van der Waals surface area contributed by atoms with Gasteiger partial charge in [-0.15, -0.1) is 12.4 Å². The fourth-order valence-electron chi connectivity index (χ4n) is 1.87. The molecule has 0 saturated heterocycles. The summed E-state index contributed by atoms with van der Waals surface area (Å²) in [7, 11) is 0. The van der Waals surface area contributed by atoms with Crippen molar-refractivity contribution < 1.29 is 31.4 Å². The highest BCUT2D eigenvalue weighted by atomic mass is 35.5. The molecule has 9 heteroatoms.